The summed E-state index contributed by atoms with van der Waals surface area (Å²) >= 11 is 5.81. The Labute approximate surface area is 114 Å². The molecule has 1 aromatic rings. The minimum atomic E-state index is 0.0948. The second kappa shape index (κ2) is 8.11. The molecule has 0 aromatic heterocycles. The summed E-state index contributed by atoms with van der Waals surface area (Å²) in [4.78, 5) is 11.6. The summed E-state index contributed by atoms with van der Waals surface area (Å²) in [6.45, 7) is 5.61. The lowest BCUT2D eigenvalue weighted by Crippen LogP contribution is -2.34. The third-order valence-corrected chi connectivity index (χ3v) is 2.95. The lowest BCUT2D eigenvalue weighted by Gasteiger charge is -2.12. The monoisotopic (exact) mass is 268 g/mol. The molecule has 0 aliphatic heterocycles. The fraction of sp³-hybridized carbons (Fsp3) is 0.500. The molecule has 0 aliphatic rings. The number of hydrogen-bond acceptors (Lipinski definition) is 2. The molecule has 0 heterocycles. The van der Waals surface area contributed by atoms with Crippen molar-refractivity contribution in [3.63, 3.8) is 0 Å². The molecule has 1 amide bonds. The van der Waals surface area contributed by atoms with Gasteiger partial charge in [0, 0.05) is 24.0 Å². The van der Waals surface area contributed by atoms with Gasteiger partial charge in [-0.3, -0.25) is 4.79 Å². The summed E-state index contributed by atoms with van der Waals surface area (Å²) in [5.74, 6) is 0.0948. The zero-order valence-corrected chi connectivity index (χ0v) is 11.8. The number of benzene rings is 1. The summed E-state index contributed by atoms with van der Waals surface area (Å²) in [7, 11) is 0. The molecule has 0 saturated heterocycles. The van der Waals surface area contributed by atoms with Gasteiger partial charge in [-0.2, -0.15) is 0 Å². The van der Waals surface area contributed by atoms with Gasteiger partial charge in [0.05, 0.1) is 0 Å². The van der Waals surface area contributed by atoms with E-state index in [0.717, 1.165) is 18.0 Å². The average molecular weight is 269 g/mol. The van der Waals surface area contributed by atoms with E-state index < -0.39 is 0 Å². The topological polar surface area (TPSA) is 41.1 Å². The largest absolute Gasteiger partial charge is 0.356 e. The first kappa shape index (κ1) is 15.0. The Bertz CT molecular complexity index is 365. The van der Waals surface area contributed by atoms with Gasteiger partial charge in [-0.1, -0.05) is 30.7 Å². The molecule has 0 aliphatic carbocycles. The van der Waals surface area contributed by atoms with Gasteiger partial charge in [0.2, 0.25) is 5.91 Å². The van der Waals surface area contributed by atoms with E-state index in [1.165, 1.54) is 5.56 Å². The third-order valence-electron chi connectivity index (χ3n) is 2.69. The minimum Gasteiger partial charge on any atom is -0.356 e. The molecule has 1 unspecified atom stereocenters. The molecule has 0 radical (unpaired) electrons. The molecule has 0 bridgehead atoms. The van der Waals surface area contributed by atoms with Crippen LogP contribution in [0, 0.1) is 0 Å². The SMILES string of the molecule is CCNC(C)CC(=O)NCCc1ccc(Cl)cc1. The van der Waals surface area contributed by atoms with Gasteiger partial charge in [0.1, 0.15) is 0 Å². The molecular formula is C14H21ClN2O. The first-order valence-electron chi connectivity index (χ1n) is 6.36. The van der Waals surface area contributed by atoms with Crippen LogP contribution in [0.1, 0.15) is 25.8 Å². The van der Waals surface area contributed by atoms with E-state index in [2.05, 4.69) is 10.6 Å². The first-order chi connectivity index (χ1) is 8.61. The third kappa shape index (κ3) is 6.03. The Morgan fingerprint density at radius 3 is 2.61 bits per heavy atom. The molecule has 2 N–H and O–H groups in total. The lowest BCUT2D eigenvalue weighted by atomic mass is 10.1. The van der Waals surface area contributed by atoms with Crippen LogP contribution in [-0.2, 0) is 11.2 Å². The van der Waals surface area contributed by atoms with E-state index in [9.17, 15) is 4.79 Å². The highest BCUT2D eigenvalue weighted by Crippen LogP contribution is 2.09. The molecule has 100 valence electrons. The molecule has 4 heteroatoms. The van der Waals surface area contributed by atoms with Gasteiger partial charge in [-0.15, -0.1) is 0 Å². The maximum Gasteiger partial charge on any atom is 0.221 e. The van der Waals surface area contributed by atoms with Gasteiger partial charge >= 0.3 is 0 Å². The molecular weight excluding hydrogens is 248 g/mol. The van der Waals surface area contributed by atoms with E-state index in [1.807, 2.05) is 38.1 Å². The van der Waals surface area contributed by atoms with Crippen molar-refractivity contribution in [1.29, 1.82) is 0 Å². The normalized spacial score (nSPS) is 12.2. The number of carbonyl (C=O) groups is 1. The van der Waals surface area contributed by atoms with Crippen molar-refractivity contribution >= 4 is 17.5 Å². The second-order valence-electron chi connectivity index (χ2n) is 4.39. The predicted octanol–water partition coefficient (Wildman–Crippen LogP) is 2.39. The van der Waals surface area contributed by atoms with Gasteiger partial charge in [0.15, 0.2) is 0 Å². The number of hydrogen-bond donors (Lipinski definition) is 2. The molecule has 1 aromatic carbocycles. The van der Waals surface area contributed by atoms with Crippen molar-refractivity contribution in [2.75, 3.05) is 13.1 Å². The smallest absolute Gasteiger partial charge is 0.221 e. The minimum absolute atomic E-state index is 0.0948. The standard InChI is InChI=1S/C14H21ClN2O/c1-3-16-11(2)10-14(18)17-9-8-12-4-6-13(15)7-5-12/h4-7,11,16H,3,8-10H2,1-2H3,(H,17,18). The number of amides is 1. The second-order valence-corrected chi connectivity index (χ2v) is 4.83. The van der Waals surface area contributed by atoms with Crippen molar-refractivity contribution in [1.82, 2.24) is 10.6 Å². The molecule has 0 spiro atoms. The lowest BCUT2D eigenvalue weighted by molar-refractivity contribution is -0.121. The Hall–Kier alpha value is -1.06. The van der Waals surface area contributed by atoms with Crippen LogP contribution in [0.4, 0.5) is 0 Å². The van der Waals surface area contributed by atoms with Crippen LogP contribution in [0.5, 0.6) is 0 Å². The molecule has 0 saturated carbocycles. The highest BCUT2D eigenvalue weighted by molar-refractivity contribution is 6.30. The number of nitrogens with one attached hydrogen (secondary N) is 2. The van der Waals surface area contributed by atoms with Crippen molar-refractivity contribution in [3.05, 3.63) is 34.9 Å². The van der Waals surface area contributed by atoms with Crippen LogP contribution in [0.3, 0.4) is 0 Å². The Kier molecular flexibility index (Phi) is 6.76. The van der Waals surface area contributed by atoms with E-state index in [1.54, 1.807) is 0 Å². The van der Waals surface area contributed by atoms with E-state index in [-0.39, 0.29) is 11.9 Å². The van der Waals surface area contributed by atoms with Crippen LogP contribution in [0.2, 0.25) is 5.02 Å². The molecule has 0 fully saturated rings. The van der Waals surface area contributed by atoms with Crippen LogP contribution in [0.15, 0.2) is 24.3 Å². The van der Waals surface area contributed by atoms with E-state index in [4.69, 9.17) is 11.6 Å². The van der Waals surface area contributed by atoms with Crippen LogP contribution >= 0.6 is 11.6 Å². The highest BCUT2D eigenvalue weighted by Gasteiger charge is 2.06. The van der Waals surface area contributed by atoms with Gasteiger partial charge in [-0.05, 0) is 37.6 Å². The fourth-order valence-corrected chi connectivity index (χ4v) is 1.89. The summed E-state index contributed by atoms with van der Waals surface area (Å²) < 4.78 is 0. The Morgan fingerprint density at radius 1 is 1.33 bits per heavy atom. The van der Waals surface area contributed by atoms with Crippen LogP contribution in [-0.4, -0.2) is 25.0 Å². The average Bonchev–Trinajstić information content (AvgIpc) is 2.32. The number of halogens is 1. The summed E-state index contributed by atoms with van der Waals surface area (Å²) in [6.07, 6.45) is 1.35. The molecule has 3 nitrogen and oxygen atoms in total. The quantitative estimate of drug-likeness (QED) is 0.797. The Morgan fingerprint density at radius 2 is 2.00 bits per heavy atom. The summed E-state index contributed by atoms with van der Waals surface area (Å²) in [6, 6.07) is 7.93. The van der Waals surface area contributed by atoms with Crippen molar-refractivity contribution in [2.45, 2.75) is 32.7 Å². The van der Waals surface area contributed by atoms with Crippen molar-refractivity contribution < 1.29 is 4.79 Å². The van der Waals surface area contributed by atoms with Crippen LogP contribution < -0.4 is 10.6 Å². The molecule has 18 heavy (non-hydrogen) atoms. The van der Waals surface area contributed by atoms with Crippen molar-refractivity contribution in [3.8, 4) is 0 Å². The summed E-state index contributed by atoms with van der Waals surface area (Å²) in [5, 5.41) is 6.88. The van der Waals surface area contributed by atoms with Gasteiger partial charge in [-0.25, -0.2) is 0 Å². The van der Waals surface area contributed by atoms with E-state index >= 15 is 0 Å². The zero-order chi connectivity index (χ0) is 13.4. The van der Waals surface area contributed by atoms with Gasteiger partial charge in [0.25, 0.3) is 0 Å². The maximum atomic E-state index is 11.6. The first-order valence-corrected chi connectivity index (χ1v) is 6.74. The highest BCUT2D eigenvalue weighted by atomic mass is 35.5. The zero-order valence-electron chi connectivity index (χ0n) is 11.0. The molecule has 1 rings (SSSR count). The summed E-state index contributed by atoms with van der Waals surface area (Å²) in [5.41, 5.74) is 1.18. The van der Waals surface area contributed by atoms with Gasteiger partial charge < -0.3 is 10.6 Å². The predicted molar refractivity (Wildman–Crippen MR) is 75.9 cm³/mol. The van der Waals surface area contributed by atoms with E-state index in [0.29, 0.717) is 13.0 Å². The maximum absolute atomic E-state index is 11.6. The van der Waals surface area contributed by atoms with Crippen molar-refractivity contribution in [2.24, 2.45) is 0 Å². The molecule has 1 atom stereocenters. The van der Waals surface area contributed by atoms with Crippen LogP contribution in [0.25, 0.3) is 0 Å². The number of rotatable bonds is 7. The Balaban J connectivity index is 2.21. The number of carbonyl (C=O) groups excluding carboxylic acids is 1. The fourth-order valence-electron chi connectivity index (χ4n) is 1.77.